The van der Waals surface area contributed by atoms with Crippen LogP contribution in [0.3, 0.4) is 0 Å². The van der Waals surface area contributed by atoms with E-state index in [9.17, 15) is 4.79 Å². The molecule has 13 heavy (non-hydrogen) atoms. The average Bonchev–Trinajstić information content (AvgIpc) is 2.11. The number of carbonyl (C=O) groups is 1. The van der Waals surface area contributed by atoms with Crippen molar-refractivity contribution in [2.75, 3.05) is 6.61 Å². The molecule has 0 aromatic carbocycles. The van der Waals surface area contributed by atoms with Crippen LogP contribution in [-0.2, 0) is 9.53 Å². The van der Waals surface area contributed by atoms with Crippen LogP contribution < -0.4 is 0 Å². The van der Waals surface area contributed by atoms with E-state index in [0.29, 0.717) is 12.2 Å². The van der Waals surface area contributed by atoms with Crippen LogP contribution in [0.1, 0.15) is 13.3 Å². The predicted molar refractivity (Wildman–Crippen MR) is 58.4 cm³/mol. The molecule has 1 unspecified atom stereocenters. The summed E-state index contributed by atoms with van der Waals surface area (Å²) < 4.78 is 4.95. The van der Waals surface area contributed by atoms with Crippen molar-refractivity contribution in [3.8, 4) is 0 Å². The van der Waals surface area contributed by atoms with Crippen molar-refractivity contribution in [1.29, 1.82) is 0 Å². The molecular formula is C10H18O2Si. The second-order valence-electron chi connectivity index (χ2n) is 3.27. The molecule has 0 bridgehead atoms. The molecule has 0 aromatic heterocycles. The van der Waals surface area contributed by atoms with Crippen LogP contribution in [0.15, 0.2) is 24.4 Å². The Bertz CT molecular complexity index is 199. The molecule has 2 nitrogen and oxygen atoms in total. The maximum Gasteiger partial charge on any atom is 0.333 e. The van der Waals surface area contributed by atoms with Crippen molar-refractivity contribution < 1.29 is 9.53 Å². The summed E-state index contributed by atoms with van der Waals surface area (Å²) in [6, 6.07) is 1.15. The van der Waals surface area contributed by atoms with Crippen molar-refractivity contribution in [3.05, 3.63) is 24.4 Å². The first-order valence-corrected chi connectivity index (χ1v) is 7.17. The number of carbonyl (C=O) groups excluding carboxylic acids is 1. The maximum absolute atomic E-state index is 10.9. The van der Waals surface area contributed by atoms with Gasteiger partial charge in [0.15, 0.2) is 0 Å². The van der Waals surface area contributed by atoms with E-state index in [4.69, 9.17) is 4.74 Å². The molecular weight excluding hydrogens is 180 g/mol. The summed E-state index contributed by atoms with van der Waals surface area (Å²) in [4.78, 5) is 10.9. The standard InChI is InChI=1S/C10H18O2Si/c1-5-13(4)8-6-7-12-10(11)9(2)3/h5,13H,1-2,6-8H2,3-4H3. The van der Waals surface area contributed by atoms with Gasteiger partial charge in [0.25, 0.3) is 0 Å². The third kappa shape index (κ3) is 6.34. The Hall–Kier alpha value is -0.833. The van der Waals surface area contributed by atoms with Crippen LogP contribution in [-0.4, -0.2) is 21.4 Å². The highest BCUT2D eigenvalue weighted by Crippen LogP contribution is 2.00. The topological polar surface area (TPSA) is 26.3 Å². The lowest BCUT2D eigenvalue weighted by molar-refractivity contribution is -0.138. The number of ether oxygens (including phenoxy) is 1. The minimum absolute atomic E-state index is 0.284. The van der Waals surface area contributed by atoms with Gasteiger partial charge in [-0.3, -0.25) is 0 Å². The van der Waals surface area contributed by atoms with Crippen molar-refractivity contribution in [2.24, 2.45) is 0 Å². The molecule has 0 N–H and O–H groups in total. The fraction of sp³-hybridized carbons (Fsp3) is 0.500. The SMILES string of the molecule is C=C[SiH](C)CCCOC(=O)C(=C)C. The highest BCUT2D eigenvalue weighted by Gasteiger charge is 2.03. The minimum atomic E-state index is -0.719. The summed E-state index contributed by atoms with van der Waals surface area (Å²) in [6.07, 6.45) is 0.943. The zero-order chi connectivity index (χ0) is 10.3. The van der Waals surface area contributed by atoms with Crippen molar-refractivity contribution >= 4 is 14.8 Å². The molecule has 0 radical (unpaired) electrons. The number of rotatable bonds is 6. The lowest BCUT2D eigenvalue weighted by Crippen LogP contribution is -2.09. The van der Waals surface area contributed by atoms with Gasteiger partial charge < -0.3 is 4.74 Å². The zero-order valence-electron chi connectivity index (χ0n) is 8.51. The summed E-state index contributed by atoms with van der Waals surface area (Å²) >= 11 is 0. The van der Waals surface area contributed by atoms with E-state index in [1.165, 1.54) is 0 Å². The number of esters is 1. The normalized spacial score (nSPS) is 11.8. The summed E-state index contributed by atoms with van der Waals surface area (Å²) in [7, 11) is -0.719. The van der Waals surface area contributed by atoms with Crippen LogP contribution >= 0.6 is 0 Å². The average molecular weight is 198 g/mol. The zero-order valence-corrected chi connectivity index (χ0v) is 9.66. The molecule has 3 heteroatoms. The van der Waals surface area contributed by atoms with Gasteiger partial charge >= 0.3 is 5.97 Å². The van der Waals surface area contributed by atoms with Gasteiger partial charge in [-0.25, -0.2) is 4.79 Å². The van der Waals surface area contributed by atoms with Gasteiger partial charge in [-0.05, 0) is 13.3 Å². The summed E-state index contributed by atoms with van der Waals surface area (Å²) in [5.41, 5.74) is 2.51. The lowest BCUT2D eigenvalue weighted by atomic mass is 10.4. The molecule has 0 rings (SSSR count). The van der Waals surface area contributed by atoms with Gasteiger partial charge in [0.2, 0.25) is 0 Å². The Morgan fingerprint density at radius 1 is 1.62 bits per heavy atom. The Balaban J connectivity index is 3.41. The quantitative estimate of drug-likeness (QED) is 0.283. The fourth-order valence-corrected chi connectivity index (χ4v) is 1.86. The van der Waals surface area contributed by atoms with Crippen LogP contribution in [0.25, 0.3) is 0 Å². The first-order valence-electron chi connectivity index (χ1n) is 4.53. The molecule has 0 heterocycles. The molecule has 1 atom stereocenters. The smallest absolute Gasteiger partial charge is 0.333 e. The largest absolute Gasteiger partial charge is 0.462 e. The van der Waals surface area contributed by atoms with Crippen LogP contribution in [0, 0.1) is 0 Å². The fourth-order valence-electron chi connectivity index (χ4n) is 0.811. The Morgan fingerprint density at radius 2 is 2.23 bits per heavy atom. The van der Waals surface area contributed by atoms with Crippen molar-refractivity contribution in [2.45, 2.75) is 25.9 Å². The number of hydrogen-bond acceptors (Lipinski definition) is 2. The third-order valence-electron chi connectivity index (χ3n) is 1.79. The van der Waals surface area contributed by atoms with Gasteiger partial charge in [-0.1, -0.05) is 19.2 Å². The maximum atomic E-state index is 10.9. The third-order valence-corrected chi connectivity index (χ3v) is 3.91. The van der Waals surface area contributed by atoms with Gasteiger partial charge in [0.05, 0.1) is 15.4 Å². The van der Waals surface area contributed by atoms with E-state index in [0.717, 1.165) is 12.5 Å². The second-order valence-corrected chi connectivity index (χ2v) is 6.27. The molecule has 0 amide bonds. The molecule has 0 aliphatic heterocycles. The summed E-state index contributed by atoms with van der Waals surface area (Å²) in [5.74, 6) is -0.284. The van der Waals surface area contributed by atoms with E-state index in [-0.39, 0.29) is 5.97 Å². The van der Waals surface area contributed by atoms with Crippen LogP contribution in [0.2, 0.25) is 12.6 Å². The minimum Gasteiger partial charge on any atom is -0.462 e. The van der Waals surface area contributed by atoms with Gasteiger partial charge in [-0.2, -0.15) is 0 Å². The summed E-state index contributed by atoms with van der Waals surface area (Å²) in [6.45, 7) is 11.6. The van der Waals surface area contributed by atoms with E-state index >= 15 is 0 Å². The molecule has 0 spiro atoms. The van der Waals surface area contributed by atoms with Gasteiger partial charge in [-0.15, -0.1) is 12.3 Å². The Kier molecular flexibility index (Phi) is 6.23. The molecule has 0 saturated carbocycles. The van der Waals surface area contributed by atoms with Crippen molar-refractivity contribution in [3.63, 3.8) is 0 Å². The lowest BCUT2D eigenvalue weighted by Gasteiger charge is -2.05. The van der Waals surface area contributed by atoms with E-state index in [1.54, 1.807) is 6.92 Å². The first kappa shape index (κ1) is 12.2. The Labute approximate surface area is 81.9 Å². The van der Waals surface area contributed by atoms with Crippen LogP contribution in [0.4, 0.5) is 0 Å². The molecule has 0 saturated heterocycles. The van der Waals surface area contributed by atoms with Crippen LogP contribution in [0.5, 0.6) is 0 Å². The predicted octanol–water partition coefficient (Wildman–Crippen LogP) is 2.08. The van der Waals surface area contributed by atoms with E-state index in [1.807, 2.05) is 5.70 Å². The van der Waals surface area contributed by atoms with Gasteiger partial charge in [0.1, 0.15) is 0 Å². The molecule has 0 fully saturated rings. The second kappa shape index (κ2) is 6.66. The Morgan fingerprint density at radius 3 is 2.69 bits per heavy atom. The highest BCUT2D eigenvalue weighted by atomic mass is 28.3. The van der Waals surface area contributed by atoms with E-state index < -0.39 is 8.80 Å². The first-order chi connectivity index (χ1) is 6.07. The summed E-state index contributed by atoms with van der Waals surface area (Å²) in [5, 5.41) is 0. The number of hydrogen-bond donors (Lipinski definition) is 0. The van der Waals surface area contributed by atoms with Gasteiger partial charge in [0, 0.05) is 5.57 Å². The highest BCUT2D eigenvalue weighted by molar-refractivity contribution is 6.62. The molecule has 0 aromatic rings. The molecule has 0 aliphatic carbocycles. The van der Waals surface area contributed by atoms with E-state index in [2.05, 4.69) is 19.7 Å². The molecule has 0 aliphatic rings. The molecule has 74 valence electrons. The van der Waals surface area contributed by atoms with Crippen molar-refractivity contribution in [1.82, 2.24) is 0 Å². The monoisotopic (exact) mass is 198 g/mol.